The van der Waals surface area contributed by atoms with E-state index in [2.05, 4.69) is 29.0 Å². The molecule has 16 heavy (non-hydrogen) atoms. The van der Waals surface area contributed by atoms with Crippen LogP contribution in [0.2, 0.25) is 0 Å². The highest BCUT2D eigenvalue weighted by Crippen LogP contribution is 2.30. The average Bonchev–Trinajstić information content (AvgIpc) is 2.94. The molecule has 0 radical (unpaired) electrons. The van der Waals surface area contributed by atoms with Crippen molar-refractivity contribution < 1.29 is 0 Å². The van der Waals surface area contributed by atoms with E-state index in [0.29, 0.717) is 0 Å². The maximum atomic E-state index is 4.55. The minimum atomic E-state index is 0.720. The normalized spacial score (nSPS) is 20.6. The van der Waals surface area contributed by atoms with Crippen LogP contribution in [0, 0.1) is 0 Å². The molecule has 1 aliphatic heterocycles. The summed E-state index contributed by atoms with van der Waals surface area (Å²) in [5.74, 6) is 0. The number of aromatic nitrogens is 1. The van der Waals surface area contributed by atoms with Crippen molar-refractivity contribution in [3.05, 3.63) is 11.1 Å². The fourth-order valence-electron chi connectivity index (χ4n) is 2.27. The maximum Gasteiger partial charge on any atom is 0.185 e. The van der Waals surface area contributed by atoms with E-state index in [9.17, 15) is 0 Å². The van der Waals surface area contributed by atoms with E-state index in [1.165, 1.54) is 35.8 Å². The third-order valence-electron chi connectivity index (χ3n) is 3.18. The summed E-state index contributed by atoms with van der Waals surface area (Å²) in [6.07, 6.45) is 5.91. The van der Waals surface area contributed by atoms with Crippen LogP contribution in [0.15, 0.2) is 6.20 Å². The van der Waals surface area contributed by atoms with Gasteiger partial charge in [0, 0.05) is 30.2 Å². The molecule has 90 valence electrons. The Balaban J connectivity index is 2.00. The number of hydrogen-bond acceptors (Lipinski definition) is 4. The van der Waals surface area contributed by atoms with Crippen molar-refractivity contribution in [2.24, 2.45) is 0 Å². The summed E-state index contributed by atoms with van der Waals surface area (Å²) in [7, 11) is 0. The summed E-state index contributed by atoms with van der Waals surface area (Å²) in [6.45, 7) is 7.58. The lowest BCUT2D eigenvalue weighted by Crippen LogP contribution is -2.28. The second-order valence-corrected chi connectivity index (χ2v) is 5.38. The Hall–Kier alpha value is -0.610. The first-order valence-corrected chi connectivity index (χ1v) is 7.08. The van der Waals surface area contributed by atoms with Gasteiger partial charge in [-0.3, -0.25) is 0 Å². The molecule has 1 aromatic rings. The van der Waals surface area contributed by atoms with E-state index in [-0.39, 0.29) is 0 Å². The van der Waals surface area contributed by atoms with Crippen molar-refractivity contribution in [1.29, 1.82) is 0 Å². The maximum absolute atomic E-state index is 4.55. The molecule has 0 saturated carbocycles. The molecular formula is C12H21N3S. The standard InChI is InChI=1S/C12H21N3S/c1-3-10-6-5-7-15(10)12-14-9-11(16-12)8-13-4-2/h9-10,13H,3-8H2,1-2H3. The highest BCUT2D eigenvalue weighted by molar-refractivity contribution is 7.15. The Kier molecular flexibility index (Phi) is 4.18. The zero-order chi connectivity index (χ0) is 11.4. The predicted molar refractivity (Wildman–Crippen MR) is 70.2 cm³/mol. The third-order valence-corrected chi connectivity index (χ3v) is 4.22. The largest absolute Gasteiger partial charge is 0.345 e. The minimum absolute atomic E-state index is 0.720. The second-order valence-electron chi connectivity index (χ2n) is 4.29. The predicted octanol–water partition coefficient (Wildman–Crippen LogP) is 2.63. The third kappa shape index (κ3) is 2.55. The van der Waals surface area contributed by atoms with E-state index in [0.717, 1.165) is 19.1 Å². The molecule has 1 atom stereocenters. The van der Waals surface area contributed by atoms with Crippen molar-refractivity contribution in [3.8, 4) is 0 Å². The summed E-state index contributed by atoms with van der Waals surface area (Å²) in [6, 6.07) is 0.720. The smallest absolute Gasteiger partial charge is 0.185 e. The van der Waals surface area contributed by atoms with E-state index in [4.69, 9.17) is 0 Å². The van der Waals surface area contributed by atoms with Crippen LogP contribution < -0.4 is 10.2 Å². The van der Waals surface area contributed by atoms with Gasteiger partial charge in [0.1, 0.15) is 0 Å². The van der Waals surface area contributed by atoms with Crippen molar-refractivity contribution in [1.82, 2.24) is 10.3 Å². The molecule has 0 aliphatic carbocycles. The number of anilines is 1. The van der Waals surface area contributed by atoms with Gasteiger partial charge in [-0.05, 0) is 25.8 Å². The molecule has 2 heterocycles. The SMILES string of the molecule is CCNCc1cnc(N2CCCC2CC)s1. The lowest BCUT2D eigenvalue weighted by Gasteiger charge is -2.22. The fraction of sp³-hybridized carbons (Fsp3) is 0.750. The number of nitrogens with zero attached hydrogens (tertiary/aromatic N) is 2. The van der Waals surface area contributed by atoms with Gasteiger partial charge in [0.05, 0.1) is 0 Å². The number of thiazole rings is 1. The number of hydrogen-bond donors (Lipinski definition) is 1. The number of rotatable bonds is 5. The fourth-order valence-corrected chi connectivity index (χ4v) is 3.25. The van der Waals surface area contributed by atoms with Gasteiger partial charge >= 0.3 is 0 Å². The van der Waals surface area contributed by atoms with Crippen LogP contribution in [0.1, 0.15) is 38.0 Å². The topological polar surface area (TPSA) is 28.2 Å². The Morgan fingerprint density at radius 3 is 3.19 bits per heavy atom. The molecule has 1 aromatic heterocycles. The first kappa shape index (κ1) is 11.9. The molecular weight excluding hydrogens is 218 g/mol. The summed E-state index contributed by atoms with van der Waals surface area (Å²) in [5.41, 5.74) is 0. The van der Waals surface area contributed by atoms with Crippen molar-refractivity contribution in [2.75, 3.05) is 18.0 Å². The molecule has 1 unspecified atom stereocenters. The second kappa shape index (κ2) is 5.64. The van der Waals surface area contributed by atoms with Gasteiger partial charge in [0.15, 0.2) is 5.13 Å². The van der Waals surface area contributed by atoms with Crippen molar-refractivity contribution in [2.45, 2.75) is 45.7 Å². The summed E-state index contributed by atoms with van der Waals surface area (Å²) in [5, 5.41) is 4.57. The van der Waals surface area contributed by atoms with Crippen LogP contribution in [0.4, 0.5) is 5.13 Å². The van der Waals surface area contributed by atoms with E-state index < -0.39 is 0 Å². The highest BCUT2D eigenvalue weighted by atomic mass is 32.1. The first-order chi connectivity index (χ1) is 7.85. The molecule has 1 fully saturated rings. The van der Waals surface area contributed by atoms with E-state index in [1.54, 1.807) is 0 Å². The molecule has 0 amide bonds. The monoisotopic (exact) mass is 239 g/mol. The Bertz CT molecular complexity index is 324. The molecule has 0 aromatic carbocycles. The Labute approximate surface area is 102 Å². The lowest BCUT2D eigenvalue weighted by atomic mass is 10.2. The zero-order valence-corrected chi connectivity index (χ0v) is 11.0. The van der Waals surface area contributed by atoms with Crippen molar-refractivity contribution >= 4 is 16.5 Å². The van der Waals surface area contributed by atoms with Crippen LogP contribution in [0.5, 0.6) is 0 Å². The van der Waals surface area contributed by atoms with Gasteiger partial charge < -0.3 is 10.2 Å². The van der Waals surface area contributed by atoms with Gasteiger partial charge in [0.25, 0.3) is 0 Å². The van der Waals surface area contributed by atoms with E-state index in [1.807, 2.05) is 17.5 Å². The summed E-state index contributed by atoms with van der Waals surface area (Å²) < 4.78 is 0. The molecule has 1 saturated heterocycles. The van der Waals surface area contributed by atoms with Gasteiger partial charge in [-0.25, -0.2) is 4.98 Å². The van der Waals surface area contributed by atoms with Gasteiger partial charge in [-0.15, -0.1) is 11.3 Å². The Morgan fingerprint density at radius 1 is 1.56 bits per heavy atom. The molecule has 1 aliphatic rings. The molecule has 4 heteroatoms. The summed E-state index contributed by atoms with van der Waals surface area (Å²) >= 11 is 1.84. The molecule has 2 rings (SSSR count). The van der Waals surface area contributed by atoms with Crippen LogP contribution in [-0.2, 0) is 6.54 Å². The van der Waals surface area contributed by atoms with Gasteiger partial charge in [0.2, 0.25) is 0 Å². The average molecular weight is 239 g/mol. The Morgan fingerprint density at radius 2 is 2.44 bits per heavy atom. The molecule has 1 N–H and O–H groups in total. The van der Waals surface area contributed by atoms with Crippen LogP contribution in [-0.4, -0.2) is 24.1 Å². The minimum Gasteiger partial charge on any atom is -0.345 e. The number of nitrogens with one attached hydrogen (secondary N) is 1. The molecule has 3 nitrogen and oxygen atoms in total. The lowest BCUT2D eigenvalue weighted by molar-refractivity contribution is 0.644. The summed E-state index contributed by atoms with van der Waals surface area (Å²) in [4.78, 5) is 8.39. The van der Waals surface area contributed by atoms with Crippen LogP contribution >= 0.6 is 11.3 Å². The van der Waals surface area contributed by atoms with E-state index >= 15 is 0 Å². The molecule has 0 bridgehead atoms. The van der Waals surface area contributed by atoms with Gasteiger partial charge in [-0.2, -0.15) is 0 Å². The van der Waals surface area contributed by atoms with Crippen LogP contribution in [0.25, 0.3) is 0 Å². The molecule has 0 spiro atoms. The van der Waals surface area contributed by atoms with Crippen LogP contribution in [0.3, 0.4) is 0 Å². The van der Waals surface area contributed by atoms with Crippen molar-refractivity contribution in [3.63, 3.8) is 0 Å². The quantitative estimate of drug-likeness (QED) is 0.856. The zero-order valence-electron chi connectivity index (χ0n) is 10.2. The first-order valence-electron chi connectivity index (χ1n) is 6.27. The highest BCUT2D eigenvalue weighted by Gasteiger charge is 2.24. The van der Waals surface area contributed by atoms with Gasteiger partial charge in [-0.1, -0.05) is 13.8 Å².